The van der Waals surface area contributed by atoms with Crippen LogP contribution in [0.3, 0.4) is 0 Å². The average molecular weight is 584 g/mol. The fourth-order valence-electron chi connectivity index (χ4n) is 7.69. The molecule has 4 aromatic rings. The van der Waals surface area contributed by atoms with Gasteiger partial charge in [0.15, 0.2) is 0 Å². The lowest BCUT2D eigenvalue weighted by Gasteiger charge is -2.63. The Morgan fingerprint density at radius 3 is 2.64 bits per heavy atom. The molecule has 2 saturated heterocycles. The quantitative estimate of drug-likeness (QED) is 0.244. The number of carbonyl (C=O) groups is 2. The summed E-state index contributed by atoms with van der Waals surface area (Å²) in [5.74, 6) is -0.0210. The van der Waals surface area contributed by atoms with Gasteiger partial charge < -0.3 is 25.5 Å². The van der Waals surface area contributed by atoms with E-state index in [0.717, 1.165) is 68.7 Å². The highest BCUT2D eigenvalue weighted by molar-refractivity contribution is 7.21. The first-order chi connectivity index (χ1) is 20.0. The lowest BCUT2D eigenvalue weighted by atomic mass is 9.58. The van der Waals surface area contributed by atoms with Crippen molar-refractivity contribution in [2.75, 3.05) is 36.4 Å². The zero-order valence-corrected chi connectivity index (χ0v) is 25.3. The van der Waals surface area contributed by atoms with Crippen LogP contribution in [0.5, 0.6) is 0 Å². The van der Waals surface area contributed by atoms with Crippen LogP contribution in [0.1, 0.15) is 50.2 Å². The monoisotopic (exact) mass is 583 g/mol. The topological polar surface area (TPSA) is 97.8 Å². The van der Waals surface area contributed by atoms with Crippen molar-refractivity contribution in [2.45, 2.75) is 52.6 Å². The second-order valence-electron chi connectivity index (χ2n) is 13.3. The van der Waals surface area contributed by atoms with Crippen LogP contribution < -0.4 is 15.5 Å². The average Bonchev–Trinajstić information content (AvgIpc) is 3.26. The summed E-state index contributed by atoms with van der Waals surface area (Å²) in [7, 11) is 0. The van der Waals surface area contributed by atoms with Crippen LogP contribution >= 0.6 is 11.3 Å². The van der Waals surface area contributed by atoms with Crippen molar-refractivity contribution in [3.63, 3.8) is 0 Å². The normalized spacial score (nSPS) is 22.0. The predicted octanol–water partition coefficient (Wildman–Crippen LogP) is 6.66. The number of pyridine rings is 1. The van der Waals surface area contributed by atoms with E-state index in [4.69, 9.17) is 4.98 Å². The van der Waals surface area contributed by atoms with Gasteiger partial charge in [-0.1, -0.05) is 32.9 Å². The molecule has 218 valence electrons. The Kier molecular flexibility index (Phi) is 6.17. The molecule has 3 N–H and O–H groups in total. The fraction of sp³-hybridized carbons (Fsp3) is 0.424. The zero-order valence-electron chi connectivity index (χ0n) is 24.5. The molecule has 2 atom stereocenters. The van der Waals surface area contributed by atoms with E-state index in [1.54, 1.807) is 4.90 Å². The molecule has 3 aliphatic heterocycles. The van der Waals surface area contributed by atoms with E-state index in [2.05, 4.69) is 84.8 Å². The van der Waals surface area contributed by atoms with Crippen molar-refractivity contribution in [3.8, 4) is 11.3 Å². The van der Waals surface area contributed by atoms with Gasteiger partial charge in [0.05, 0.1) is 16.9 Å². The Morgan fingerprint density at radius 1 is 1.12 bits per heavy atom. The van der Waals surface area contributed by atoms with Crippen molar-refractivity contribution >= 4 is 55.7 Å². The lowest BCUT2D eigenvalue weighted by Crippen LogP contribution is -2.72. The molecule has 3 aliphatic rings. The number of carbonyl (C=O) groups excluding carboxylic acids is 1. The Bertz CT molecular complexity index is 1730. The van der Waals surface area contributed by atoms with Crippen LogP contribution in [-0.4, -0.2) is 65.3 Å². The van der Waals surface area contributed by atoms with Gasteiger partial charge in [0.25, 0.3) is 5.91 Å². The second kappa shape index (κ2) is 9.59. The molecule has 0 aliphatic carbocycles. The summed E-state index contributed by atoms with van der Waals surface area (Å²) in [6.07, 6.45) is 1.18. The number of fused-ring (bicyclic) bond motifs is 5. The Balaban J connectivity index is 1.15. The highest BCUT2D eigenvalue weighted by atomic mass is 32.1. The fourth-order valence-corrected chi connectivity index (χ4v) is 8.79. The van der Waals surface area contributed by atoms with Gasteiger partial charge in [0.2, 0.25) is 0 Å². The molecule has 2 fully saturated rings. The maximum Gasteiger partial charge on any atom is 0.407 e. The van der Waals surface area contributed by atoms with Gasteiger partial charge in [-0.25, -0.2) is 9.78 Å². The third-order valence-corrected chi connectivity index (χ3v) is 10.6. The van der Waals surface area contributed by atoms with Crippen molar-refractivity contribution in [1.29, 1.82) is 0 Å². The minimum Gasteiger partial charge on any atom is -0.465 e. The van der Waals surface area contributed by atoms with E-state index >= 15 is 0 Å². The highest BCUT2D eigenvalue weighted by Crippen LogP contribution is 2.53. The molecule has 2 amide bonds. The van der Waals surface area contributed by atoms with Crippen molar-refractivity contribution in [2.24, 2.45) is 10.8 Å². The van der Waals surface area contributed by atoms with Crippen molar-refractivity contribution in [3.05, 3.63) is 53.4 Å². The van der Waals surface area contributed by atoms with Crippen LogP contribution in [0.25, 0.3) is 32.2 Å². The molecule has 2 aromatic carbocycles. The Morgan fingerprint density at radius 2 is 1.90 bits per heavy atom. The van der Waals surface area contributed by atoms with Gasteiger partial charge in [-0.15, -0.1) is 11.3 Å². The molecule has 0 bridgehead atoms. The SMILES string of the molecule is C[C@@H]1CNc2c(sc3ccc4nc(-c5cccc(N6CCC7(CC6)CN(C(=O)O)[C@@H]7C(C)(C)C)c5)ccc4c23)C(=O)N1. The maximum absolute atomic E-state index is 12.8. The van der Waals surface area contributed by atoms with E-state index in [-0.39, 0.29) is 28.8 Å². The molecule has 2 aromatic heterocycles. The minimum absolute atomic E-state index is 0.0210. The lowest BCUT2D eigenvalue weighted by molar-refractivity contribution is -0.119. The first kappa shape index (κ1) is 27.0. The number of hydrogen-bond donors (Lipinski definition) is 3. The van der Waals surface area contributed by atoms with E-state index in [9.17, 15) is 14.7 Å². The standard InChI is InChI=1S/C33H37N5O3S/c1-19-17-34-27-26-22-8-9-23(36-24(22)10-11-25(26)42-28(27)29(39)35-19)20-6-5-7-21(16-20)37-14-12-33(13-15-37)18-38(31(40)41)30(33)32(2,3)4/h5-11,16,19,30,34H,12-15,17-18H2,1-4H3,(H,35,39)(H,40,41)/t19-,30-/m1/s1. The molecule has 8 nitrogen and oxygen atoms in total. The number of rotatable bonds is 2. The second-order valence-corrected chi connectivity index (χ2v) is 14.4. The van der Waals surface area contributed by atoms with Gasteiger partial charge in [0, 0.05) is 70.4 Å². The first-order valence-electron chi connectivity index (χ1n) is 14.8. The molecule has 5 heterocycles. The number of thiophene rings is 1. The third kappa shape index (κ3) is 4.28. The van der Waals surface area contributed by atoms with Crippen molar-refractivity contribution in [1.82, 2.24) is 15.2 Å². The summed E-state index contributed by atoms with van der Waals surface area (Å²) in [4.78, 5) is 34.5. The van der Waals surface area contributed by atoms with Gasteiger partial charge >= 0.3 is 6.09 Å². The number of nitrogens with zero attached hydrogens (tertiary/aromatic N) is 3. The van der Waals surface area contributed by atoms with E-state index < -0.39 is 6.09 Å². The third-order valence-electron chi connectivity index (χ3n) is 9.40. The van der Waals surface area contributed by atoms with Crippen molar-refractivity contribution < 1.29 is 14.7 Å². The smallest absolute Gasteiger partial charge is 0.407 e. The van der Waals surface area contributed by atoms with E-state index in [1.807, 2.05) is 6.92 Å². The Labute approximate surface area is 249 Å². The molecular weight excluding hydrogens is 546 g/mol. The van der Waals surface area contributed by atoms with E-state index in [1.165, 1.54) is 17.0 Å². The summed E-state index contributed by atoms with van der Waals surface area (Å²) in [6, 6.07) is 17.1. The summed E-state index contributed by atoms with van der Waals surface area (Å²) in [5, 5.41) is 18.4. The van der Waals surface area contributed by atoms with Crippen LogP contribution in [0, 0.1) is 10.8 Å². The van der Waals surface area contributed by atoms with Crippen LogP contribution in [0.2, 0.25) is 0 Å². The molecule has 0 saturated carbocycles. The van der Waals surface area contributed by atoms with Gasteiger partial charge in [-0.05, 0) is 61.6 Å². The van der Waals surface area contributed by atoms with Crippen LogP contribution in [-0.2, 0) is 0 Å². The number of likely N-dealkylation sites (tertiary alicyclic amines) is 1. The number of amides is 2. The number of hydrogen-bond acceptors (Lipinski definition) is 6. The van der Waals surface area contributed by atoms with Crippen LogP contribution in [0.15, 0.2) is 48.5 Å². The largest absolute Gasteiger partial charge is 0.465 e. The summed E-state index contributed by atoms with van der Waals surface area (Å²) in [6.45, 7) is 11.6. The van der Waals surface area contributed by atoms with Crippen LogP contribution in [0.4, 0.5) is 16.2 Å². The molecule has 7 rings (SSSR count). The maximum atomic E-state index is 12.8. The number of carboxylic acid groups (broad SMARTS) is 1. The molecule has 1 spiro atoms. The number of benzene rings is 2. The summed E-state index contributed by atoms with van der Waals surface area (Å²) >= 11 is 1.53. The molecule has 42 heavy (non-hydrogen) atoms. The zero-order chi connectivity index (χ0) is 29.4. The number of nitrogens with one attached hydrogen (secondary N) is 2. The molecule has 0 unspecified atom stereocenters. The van der Waals surface area contributed by atoms with Gasteiger partial charge in [-0.3, -0.25) is 4.79 Å². The first-order valence-corrected chi connectivity index (χ1v) is 15.6. The van der Waals surface area contributed by atoms with E-state index in [0.29, 0.717) is 13.1 Å². The highest BCUT2D eigenvalue weighted by Gasteiger charge is 2.59. The Hall–Kier alpha value is -3.85. The number of aromatic nitrogens is 1. The van der Waals surface area contributed by atoms with Gasteiger partial charge in [-0.2, -0.15) is 0 Å². The summed E-state index contributed by atoms with van der Waals surface area (Å²) < 4.78 is 1.08. The predicted molar refractivity (Wildman–Crippen MR) is 170 cm³/mol. The minimum atomic E-state index is -0.801. The molecule has 0 radical (unpaired) electrons. The van der Waals surface area contributed by atoms with Gasteiger partial charge in [0.1, 0.15) is 4.88 Å². The summed E-state index contributed by atoms with van der Waals surface area (Å²) in [5.41, 5.74) is 4.95. The number of piperidine rings is 1. The number of anilines is 2. The molecule has 9 heteroatoms. The molecular formula is C33H37N5O3S.